The predicted molar refractivity (Wildman–Crippen MR) is 160 cm³/mol. The van der Waals surface area contributed by atoms with Crippen molar-refractivity contribution in [3.05, 3.63) is 71.6 Å². The number of nitrogens with zero attached hydrogens (tertiary/aromatic N) is 4. The van der Waals surface area contributed by atoms with E-state index in [1.54, 1.807) is 0 Å². The molecule has 4 aliphatic rings. The molecule has 3 aromatic rings. The fourth-order valence-corrected chi connectivity index (χ4v) is 6.97. The number of ether oxygens (including phenoxy) is 1. The van der Waals surface area contributed by atoms with Gasteiger partial charge in [0.2, 0.25) is 0 Å². The maximum atomic E-state index is 13.7. The standard InChI is InChI=1S/C31H38N8O3/c1-21-28(34-30(41)38-10-8-31(9-11-38)25-4-2-3-5-27(25)33-29(40)35-31)18-22-6-7-26-23(19-32-36-26)24(22)20-39(21)13-12-37-14-16-42-17-15-37/h2-7,19,28H,1,8-18,20H2,(H,32,36)(H,34,41)(H2,33,35,40)/t28-/m1/s1. The fraction of sp³-hybridized carbons (Fsp3) is 0.452. The van der Waals surface area contributed by atoms with Crippen LogP contribution in [0.1, 0.15) is 29.5 Å². The number of aromatic amines is 1. The van der Waals surface area contributed by atoms with Crippen molar-refractivity contribution in [3.63, 3.8) is 0 Å². The molecule has 2 aromatic carbocycles. The minimum absolute atomic E-state index is 0.0921. The highest BCUT2D eigenvalue weighted by atomic mass is 16.5. The van der Waals surface area contributed by atoms with Crippen LogP contribution in [-0.2, 0) is 23.2 Å². The molecule has 0 bridgehead atoms. The largest absolute Gasteiger partial charge is 0.379 e. The van der Waals surface area contributed by atoms with Crippen molar-refractivity contribution >= 4 is 28.7 Å². The normalized spacial score (nSPS) is 22.2. The van der Waals surface area contributed by atoms with Crippen molar-refractivity contribution in [2.75, 3.05) is 57.8 Å². The van der Waals surface area contributed by atoms with Gasteiger partial charge < -0.3 is 30.5 Å². The lowest BCUT2D eigenvalue weighted by Gasteiger charge is -2.45. The number of H-pyrrole nitrogens is 1. The van der Waals surface area contributed by atoms with E-state index in [9.17, 15) is 9.59 Å². The van der Waals surface area contributed by atoms with Crippen molar-refractivity contribution in [3.8, 4) is 0 Å². The Balaban J connectivity index is 1.08. The van der Waals surface area contributed by atoms with Crippen LogP contribution in [0.4, 0.5) is 15.3 Å². The van der Waals surface area contributed by atoms with Gasteiger partial charge in [-0.1, -0.05) is 30.8 Å². The first-order valence-electron chi connectivity index (χ1n) is 14.9. The van der Waals surface area contributed by atoms with Gasteiger partial charge in [0.25, 0.3) is 0 Å². The van der Waals surface area contributed by atoms with Crippen LogP contribution < -0.4 is 16.0 Å². The Bertz CT molecular complexity index is 1500. The highest BCUT2D eigenvalue weighted by molar-refractivity contribution is 5.93. The second-order valence-electron chi connectivity index (χ2n) is 11.8. The van der Waals surface area contributed by atoms with Crippen molar-refractivity contribution in [2.45, 2.75) is 37.4 Å². The summed E-state index contributed by atoms with van der Waals surface area (Å²) in [6, 6.07) is 11.6. The second kappa shape index (κ2) is 11.0. The first kappa shape index (κ1) is 26.8. The van der Waals surface area contributed by atoms with Gasteiger partial charge in [-0.25, -0.2) is 9.59 Å². The summed E-state index contributed by atoms with van der Waals surface area (Å²) in [5.41, 5.74) is 5.85. The minimum Gasteiger partial charge on any atom is -0.379 e. The third kappa shape index (κ3) is 4.96. The first-order valence-corrected chi connectivity index (χ1v) is 14.9. The molecule has 2 fully saturated rings. The van der Waals surface area contributed by atoms with Crippen LogP contribution in [0.2, 0.25) is 0 Å². The number of carbonyl (C=O) groups is 2. The molecule has 2 saturated heterocycles. The van der Waals surface area contributed by atoms with Crippen LogP contribution in [0.25, 0.3) is 10.9 Å². The SMILES string of the molecule is C=C1[C@H](NC(=O)N2CCC3(CC2)NC(=O)Nc2ccccc23)Cc2ccc3[nH]ncc3c2CN1CCN1CCOCC1. The van der Waals surface area contributed by atoms with Gasteiger partial charge in [0, 0.05) is 68.1 Å². The highest BCUT2D eigenvalue weighted by Gasteiger charge is 2.43. The zero-order valence-electron chi connectivity index (χ0n) is 23.8. The number of piperidine rings is 1. The van der Waals surface area contributed by atoms with E-state index in [-0.39, 0.29) is 18.1 Å². The Kier molecular flexibility index (Phi) is 6.99. The van der Waals surface area contributed by atoms with Crippen molar-refractivity contribution < 1.29 is 14.3 Å². The molecule has 42 heavy (non-hydrogen) atoms. The summed E-state index contributed by atoms with van der Waals surface area (Å²) in [4.78, 5) is 32.8. The average molecular weight is 571 g/mol. The number of benzene rings is 2. The van der Waals surface area contributed by atoms with E-state index < -0.39 is 5.54 Å². The molecule has 0 unspecified atom stereocenters. The zero-order chi connectivity index (χ0) is 28.7. The van der Waals surface area contributed by atoms with Crippen LogP contribution in [0.3, 0.4) is 0 Å². The fourth-order valence-electron chi connectivity index (χ4n) is 6.97. The zero-order valence-corrected chi connectivity index (χ0v) is 23.8. The van der Waals surface area contributed by atoms with Gasteiger partial charge in [-0.2, -0.15) is 5.10 Å². The third-order valence-electron chi connectivity index (χ3n) is 9.45. The number of morpholine rings is 1. The molecule has 0 aliphatic carbocycles. The minimum atomic E-state index is -0.465. The number of rotatable bonds is 4. The van der Waals surface area contributed by atoms with Gasteiger partial charge in [-0.3, -0.25) is 10.00 Å². The number of hydrogen-bond donors (Lipinski definition) is 4. The summed E-state index contributed by atoms with van der Waals surface area (Å²) in [7, 11) is 0. The summed E-state index contributed by atoms with van der Waals surface area (Å²) in [5, 5.41) is 17.9. The molecule has 0 radical (unpaired) electrons. The molecule has 1 atom stereocenters. The molecule has 4 aliphatic heterocycles. The van der Waals surface area contributed by atoms with Crippen LogP contribution >= 0.6 is 0 Å². The van der Waals surface area contributed by atoms with E-state index in [1.807, 2.05) is 29.3 Å². The van der Waals surface area contributed by atoms with E-state index in [0.717, 1.165) is 73.8 Å². The lowest BCUT2D eigenvalue weighted by Crippen LogP contribution is -2.59. The molecule has 220 valence electrons. The topological polar surface area (TPSA) is 118 Å². The van der Waals surface area contributed by atoms with Crippen molar-refractivity contribution in [1.82, 2.24) is 35.5 Å². The summed E-state index contributed by atoms with van der Waals surface area (Å²) >= 11 is 0. The van der Waals surface area contributed by atoms with Gasteiger partial charge in [0.1, 0.15) is 0 Å². The number of urea groups is 2. The highest BCUT2D eigenvalue weighted by Crippen LogP contribution is 2.39. The predicted octanol–water partition coefficient (Wildman–Crippen LogP) is 2.97. The van der Waals surface area contributed by atoms with Crippen LogP contribution in [0.15, 0.2) is 54.9 Å². The van der Waals surface area contributed by atoms with Crippen LogP contribution in [0, 0.1) is 0 Å². The molecular formula is C31H38N8O3. The monoisotopic (exact) mass is 570 g/mol. The quantitative estimate of drug-likeness (QED) is 0.383. The van der Waals surface area contributed by atoms with E-state index in [0.29, 0.717) is 32.4 Å². The van der Waals surface area contributed by atoms with Crippen molar-refractivity contribution in [2.24, 2.45) is 0 Å². The number of anilines is 1. The van der Waals surface area contributed by atoms with Crippen LogP contribution in [0.5, 0.6) is 0 Å². The molecule has 5 heterocycles. The number of nitrogens with one attached hydrogen (secondary N) is 4. The smallest absolute Gasteiger partial charge is 0.319 e. The summed E-state index contributed by atoms with van der Waals surface area (Å²) < 4.78 is 5.54. The Morgan fingerprint density at radius 3 is 2.74 bits per heavy atom. The molecule has 11 nitrogen and oxygen atoms in total. The van der Waals surface area contributed by atoms with Crippen LogP contribution in [-0.4, -0.2) is 95.5 Å². The number of para-hydroxylation sites is 1. The Hall–Kier alpha value is -4.09. The second-order valence-corrected chi connectivity index (χ2v) is 11.8. The molecule has 0 saturated carbocycles. The number of hydrogen-bond acceptors (Lipinski definition) is 6. The first-order chi connectivity index (χ1) is 20.5. The summed E-state index contributed by atoms with van der Waals surface area (Å²) in [5.74, 6) is 0. The van der Waals surface area contributed by atoms with Gasteiger partial charge in [0.15, 0.2) is 0 Å². The van der Waals surface area contributed by atoms with Crippen molar-refractivity contribution in [1.29, 1.82) is 0 Å². The van der Waals surface area contributed by atoms with Gasteiger partial charge >= 0.3 is 12.1 Å². The van der Waals surface area contributed by atoms with Gasteiger partial charge in [0.05, 0.1) is 36.5 Å². The summed E-state index contributed by atoms with van der Waals surface area (Å²) in [6.45, 7) is 11.5. The Morgan fingerprint density at radius 1 is 1.10 bits per heavy atom. The molecule has 4 amide bonds. The molecule has 7 rings (SSSR count). The molecular weight excluding hydrogens is 532 g/mol. The number of carbonyl (C=O) groups excluding carboxylic acids is 2. The van der Waals surface area contributed by atoms with E-state index in [1.165, 1.54) is 11.1 Å². The molecule has 11 heteroatoms. The van der Waals surface area contributed by atoms with Gasteiger partial charge in [-0.15, -0.1) is 0 Å². The lowest BCUT2D eigenvalue weighted by molar-refractivity contribution is 0.0343. The number of amides is 4. The molecule has 1 spiro atoms. The average Bonchev–Trinajstić information content (AvgIpc) is 3.44. The number of aromatic nitrogens is 2. The summed E-state index contributed by atoms with van der Waals surface area (Å²) in [6.07, 6.45) is 3.88. The van der Waals surface area contributed by atoms with E-state index >= 15 is 0 Å². The lowest BCUT2D eigenvalue weighted by atomic mass is 9.79. The number of likely N-dealkylation sites (tertiary alicyclic amines) is 1. The molecule has 1 aromatic heterocycles. The van der Waals surface area contributed by atoms with E-state index in [4.69, 9.17) is 4.74 Å². The van der Waals surface area contributed by atoms with Gasteiger partial charge in [-0.05, 0) is 42.5 Å². The number of fused-ring (bicyclic) bond motifs is 5. The maximum Gasteiger partial charge on any atom is 0.319 e. The molecule has 4 N–H and O–H groups in total. The third-order valence-corrected chi connectivity index (χ3v) is 9.45. The van der Waals surface area contributed by atoms with E-state index in [2.05, 4.69) is 60.7 Å². The Labute approximate surface area is 245 Å². The Morgan fingerprint density at radius 2 is 1.90 bits per heavy atom. The maximum absolute atomic E-state index is 13.7.